The summed E-state index contributed by atoms with van der Waals surface area (Å²) in [6.07, 6.45) is 2.69. The lowest BCUT2D eigenvalue weighted by atomic mass is 9.80. The lowest BCUT2D eigenvalue weighted by Gasteiger charge is -2.45. The number of benzene rings is 2. The van der Waals surface area contributed by atoms with Crippen LogP contribution in [0.5, 0.6) is 5.75 Å². The maximum absolute atomic E-state index is 12.3. The van der Waals surface area contributed by atoms with E-state index in [2.05, 4.69) is 87.2 Å². The molecule has 0 spiro atoms. The van der Waals surface area contributed by atoms with Crippen molar-refractivity contribution in [2.75, 3.05) is 11.9 Å². The maximum atomic E-state index is 12.3. The average Bonchev–Trinajstić information content (AvgIpc) is 2.62. The highest BCUT2D eigenvalue weighted by Crippen LogP contribution is 2.42. The number of halogens is 2. The summed E-state index contributed by atoms with van der Waals surface area (Å²) in [6.45, 7) is 6.75. The van der Waals surface area contributed by atoms with Crippen LogP contribution in [0.2, 0.25) is 0 Å². The Morgan fingerprint density at radius 2 is 2.04 bits per heavy atom. The standard InChI is InChI=1S/C21H23Br2N3O2/c1-12-10-21(2,3)26(4)18-6-5-13(7-15(12)18)11-24-25-20(28)16-8-14(22)9-17(23)19(16)27/h5-9,11-12,27H,10H2,1-4H3,(H,25,28)/b24-11-. The topological polar surface area (TPSA) is 64.9 Å². The lowest BCUT2D eigenvalue weighted by Crippen LogP contribution is -2.45. The summed E-state index contributed by atoms with van der Waals surface area (Å²) in [4.78, 5) is 14.6. The van der Waals surface area contributed by atoms with Crippen LogP contribution in [0.4, 0.5) is 5.69 Å². The highest BCUT2D eigenvalue weighted by molar-refractivity contribution is 9.11. The fourth-order valence-corrected chi connectivity index (χ4v) is 4.87. The van der Waals surface area contributed by atoms with Crippen molar-refractivity contribution in [3.05, 3.63) is 56.0 Å². The van der Waals surface area contributed by atoms with Crippen molar-refractivity contribution in [1.29, 1.82) is 0 Å². The Hall–Kier alpha value is -1.86. The van der Waals surface area contributed by atoms with E-state index in [9.17, 15) is 9.90 Å². The fourth-order valence-electron chi connectivity index (χ4n) is 3.64. The van der Waals surface area contributed by atoms with Crippen LogP contribution in [-0.4, -0.2) is 29.8 Å². The van der Waals surface area contributed by atoms with Crippen molar-refractivity contribution < 1.29 is 9.90 Å². The van der Waals surface area contributed by atoms with Crippen LogP contribution in [0.3, 0.4) is 0 Å². The number of hydrazone groups is 1. The molecule has 1 aliphatic rings. The third-order valence-electron chi connectivity index (χ3n) is 5.31. The largest absolute Gasteiger partial charge is 0.506 e. The van der Waals surface area contributed by atoms with E-state index in [1.54, 1.807) is 18.3 Å². The van der Waals surface area contributed by atoms with Crippen molar-refractivity contribution in [1.82, 2.24) is 5.43 Å². The van der Waals surface area contributed by atoms with Gasteiger partial charge in [-0.3, -0.25) is 4.79 Å². The predicted molar refractivity (Wildman–Crippen MR) is 121 cm³/mol. The molecule has 2 N–H and O–H groups in total. The minimum atomic E-state index is -0.483. The monoisotopic (exact) mass is 507 g/mol. The first-order valence-electron chi connectivity index (χ1n) is 8.99. The Morgan fingerprint density at radius 3 is 2.75 bits per heavy atom. The van der Waals surface area contributed by atoms with Gasteiger partial charge < -0.3 is 10.0 Å². The Balaban J connectivity index is 1.78. The van der Waals surface area contributed by atoms with Gasteiger partial charge in [-0.2, -0.15) is 5.10 Å². The molecule has 0 bridgehead atoms. The lowest BCUT2D eigenvalue weighted by molar-refractivity contribution is 0.0952. The molecule has 0 fully saturated rings. The number of aromatic hydroxyl groups is 1. The van der Waals surface area contributed by atoms with Crippen molar-refractivity contribution in [3.63, 3.8) is 0 Å². The van der Waals surface area contributed by atoms with Gasteiger partial charge in [-0.05, 0) is 77.5 Å². The predicted octanol–water partition coefficient (Wildman–Crippen LogP) is 5.40. The molecule has 0 saturated heterocycles. The second-order valence-corrected chi connectivity index (χ2v) is 9.55. The summed E-state index contributed by atoms with van der Waals surface area (Å²) in [5.74, 6) is -0.159. The molecule has 0 aliphatic carbocycles. The van der Waals surface area contributed by atoms with Gasteiger partial charge in [0.15, 0.2) is 0 Å². The number of amides is 1. The number of phenolic OH excluding ortho intramolecular Hbond substituents is 1. The smallest absolute Gasteiger partial charge is 0.275 e. The summed E-state index contributed by atoms with van der Waals surface area (Å²) < 4.78 is 1.12. The number of hydrogen-bond acceptors (Lipinski definition) is 4. The first-order valence-corrected chi connectivity index (χ1v) is 10.6. The van der Waals surface area contributed by atoms with Crippen molar-refractivity contribution in [2.24, 2.45) is 5.10 Å². The van der Waals surface area contributed by atoms with Gasteiger partial charge in [0, 0.05) is 22.7 Å². The van der Waals surface area contributed by atoms with Gasteiger partial charge in [0.2, 0.25) is 0 Å². The second-order valence-electron chi connectivity index (χ2n) is 7.78. The Kier molecular flexibility index (Phi) is 5.87. The van der Waals surface area contributed by atoms with E-state index in [1.807, 2.05) is 6.07 Å². The molecular formula is C21H23Br2N3O2. The van der Waals surface area contributed by atoms with Crippen LogP contribution in [-0.2, 0) is 0 Å². The van der Waals surface area contributed by atoms with E-state index >= 15 is 0 Å². The number of carbonyl (C=O) groups is 1. The number of anilines is 1. The van der Waals surface area contributed by atoms with Gasteiger partial charge >= 0.3 is 0 Å². The number of carbonyl (C=O) groups excluding carboxylic acids is 1. The zero-order chi connectivity index (χ0) is 20.6. The first-order chi connectivity index (χ1) is 13.1. The maximum Gasteiger partial charge on any atom is 0.275 e. The van der Waals surface area contributed by atoms with Crippen molar-refractivity contribution in [3.8, 4) is 5.75 Å². The van der Waals surface area contributed by atoms with Crippen molar-refractivity contribution >= 4 is 49.7 Å². The molecule has 2 aromatic rings. The zero-order valence-electron chi connectivity index (χ0n) is 16.3. The minimum Gasteiger partial charge on any atom is -0.506 e. The van der Waals surface area contributed by atoms with E-state index in [-0.39, 0.29) is 16.9 Å². The average molecular weight is 509 g/mol. The molecule has 0 saturated carbocycles. The fraction of sp³-hybridized carbons (Fsp3) is 0.333. The van der Waals surface area contributed by atoms with Gasteiger partial charge in [-0.25, -0.2) is 5.43 Å². The number of hydrogen-bond donors (Lipinski definition) is 2. The Morgan fingerprint density at radius 1 is 1.32 bits per heavy atom. The highest BCUT2D eigenvalue weighted by atomic mass is 79.9. The Bertz CT molecular complexity index is 957. The third kappa shape index (κ3) is 4.10. The summed E-state index contributed by atoms with van der Waals surface area (Å²) in [5.41, 5.74) is 6.16. The van der Waals surface area contributed by atoms with E-state index in [4.69, 9.17) is 0 Å². The molecule has 28 heavy (non-hydrogen) atoms. The number of phenols is 1. The molecule has 7 heteroatoms. The van der Waals surface area contributed by atoms with Crippen LogP contribution < -0.4 is 10.3 Å². The van der Waals surface area contributed by atoms with Gasteiger partial charge in [-0.15, -0.1) is 0 Å². The molecule has 1 unspecified atom stereocenters. The third-order valence-corrected chi connectivity index (χ3v) is 6.37. The summed E-state index contributed by atoms with van der Waals surface area (Å²) in [5, 5.41) is 14.1. The second kappa shape index (κ2) is 7.87. The summed E-state index contributed by atoms with van der Waals surface area (Å²) in [7, 11) is 2.13. The van der Waals surface area contributed by atoms with Gasteiger partial charge in [-0.1, -0.05) is 28.9 Å². The van der Waals surface area contributed by atoms with Gasteiger partial charge in [0.1, 0.15) is 5.75 Å². The van der Waals surface area contributed by atoms with Gasteiger partial charge in [0.25, 0.3) is 5.91 Å². The normalized spacial score (nSPS) is 18.2. The quantitative estimate of drug-likeness (QED) is 0.430. The first kappa shape index (κ1) is 20.9. The molecule has 1 amide bonds. The van der Waals surface area contributed by atoms with E-state index in [0.717, 1.165) is 12.0 Å². The minimum absolute atomic E-state index is 0.121. The highest BCUT2D eigenvalue weighted by Gasteiger charge is 2.33. The number of rotatable bonds is 3. The van der Waals surface area contributed by atoms with Crippen LogP contribution >= 0.6 is 31.9 Å². The molecule has 3 rings (SSSR count). The van der Waals surface area contributed by atoms with Crippen molar-refractivity contribution in [2.45, 2.75) is 38.6 Å². The molecule has 1 aliphatic heterocycles. The molecule has 0 radical (unpaired) electrons. The summed E-state index contributed by atoms with van der Waals surface area (Å²) >= 11 is 6.53. The van der Waals surface area contributed by atoms with Crippen LogP contribution in [0.15, 0.2) is 44.4 Å². The molecule has 5 nitrogen and oxygen atoms in total. The number of nitrogens with zero attached hydrogens (tertiary/aromatic N) is 2. The molecule has 1 atom stereocenters. The molecule has 2 aromatic carbocycles. The van der Waals surface area contributed by atoms with E-state index in [1.165, 1.54) is 11.3 Å². The number of fused-ring (bicyclic) bond motifs is 1. The van der Waals surface area contributed by atoms with E-state index < -0.39 is 5.91 Å². The molecule has 1 heterocycles. The zero-order valence-corrected chi connectivity index (χ0v) is 19.4. The van der Waals surface area contributed by atoms with E-state index in [0.29, 0.717) is 14.9 Å². The Labute approximate surface area is 182 Å². The SMILES string of the molecule is CC1CC(C)(C)N(C)c2ccc(/C=N\NC(=O)c3cc(Br)cc(Br)c3O)cc21. The molecule has 148 valence electrons. The summed E-state index contributed by atoms with van der Waals surface area (Å²) in [6, 6.07) is 9.43. The molecule has 0 aromatic heterocycles. The van der Waals surface area contributed by atoms with Crippen LogP contribution in [0, 0.1) is 0 Å². The number of nitrogens with one attached hydrogen (secondary N) is 1. The van der Waals surface area contributed by atoms with Crippen LogP contribution in [0.25, 0.3) is 0 Å². The van der Waals surface area contributed by atoms with Crippen LogP contribution in [0.1, 0.15) is 54.6 Å². The van der Waals surface area contributed by atoms with Gasteiger partial charge in [0.05, 0.1) is 16.3 Å². The molecular weight excluding hydrogens is 486 g/mol.